The highest BCUT2D eigenvalue weighted by atomic mass is 127. The highest BCUT2D eigenvalue weighted by Gasteiger charge is 2.11. The topological polar surface area (TPSA) is 29.9 Å². The van der Waals surface area contributed by atoms with Crippen LogP contribution in [0.15, 0.2) is 37.1 Å². The third kappa shape index (κ3) is 2.55. The molecule has 0 aliphatic rings. The van der Waals surface area contributed by atoms with Gasteiger partial charge in [0, 0.05) is 12.7 Å². The molecule has 0 amide bonds. The second-order valence-electron chi connectivity index (χ2n) is 3.82. The maximum absolute atomic E-state index is 13.6. The molecule has 0 aliphatic heterocycles. The minimum Gasteiger partial charge on any atom is -0.352 e. The normalized spacial score (nSPS) is 10.4. The molecule has 0 saturated heterocycles. The highest BCUT2D eigenvalue weighted by Crippen LogP contribution is 2.23. The fraction of sp³-hybridized carbons (Fsp3) is 0.154. The van der Waals surface area contributed by atoms with Gasteiger partial charge in [0.05, 0.1) is 15.0 Å². The van der Waals surface area contributed by atoms with Gasteiger partial charge in [0.15, 0.2) is 0 Å². The van der Waals surface area contributed by atoms with E-state index in [1.165, 1.54) is 6.07 Å². The Kier molecular flexibility index (Phi) is 4.00. The van der Waals surface area contributed by atoms with Crippen LogP contribution >= 0.6 is 22.6 Å². The van der Waals surface area contributed by atoms with E-state index in [0.29, 0.717) is 16.1 Å². The summed E-state index contributed by atoms with van der Waals surface area (Å²) in [4.78, 5) is 4.37. The van der Waals surface area contributed by atoms with E-state index in [9.17, 15) is 4.39 Å². The number of halogens is 2. The molecule has 0 unspecified atom stereocenters. The zero-order chi connectivity index (χ0) is 13.1. The number of aromatic nitrogens is 2. The summed E-state index contributed by atoms with van der Waals surface area (Å²) in [5.74, 6) is 0.463. The van der Waals surface area contributed by atoms with Gasteiger partial charge in [-0.2, -0.15) is 0 Å². The van der Waals surface area contributed by atoms with Crippen LogP contribution in [0.5, 0.6) is 0 Å². The molecule has 2 aromatic rings. The number of hydrogen-bond donors (Lipinski definition) is 1. The molecule has 0 saturated carbocycles. The summed E-state index contributed by atoms with van der Waals surface area (Å²) in [7, 11) is 0. The maximum Gasteiger partial charge on any atom is 0.208 e. The maximum atomic E-state index is 13.6. The van der Waals surface area contributed by atoms with E-state index in [2.05, 4.69) is 16.9 Å². The number of rotatable bonds is 4. The van der Waals surface area contributed by atoms with Crippen LogP contribution in [0.4, 0.5) is 10.3 Å². The van der Waals surface area contributed by atoms with Gasteiger partial charge in [-0.05, 0) is 41.6 Å². The summed E-state index contributed by atoms with van der Waals surface area (Å²) < 4.78 is 16.0. The lowest BCUT2D eigenvalue weighted by molar-refractivity contribution is 0.619. The molecule has 3 nitrogen and oxygen atoms in total. The number of anilines is 1. The summed E-state index contributed by atoms with van der Waals surface area (Å²) in [5, 5.41) is 3.14. The Morgan fingerprint density at radius 3 is 3.06 bits per heavy atom. The first-order chi connectivity index (χ1) is 8.63. The molecule has 5 heteroatoms. The Balaban J connectivity index is 2.49. The summed E-state index contributed by atoms with van der Waals surface area (Å²) in [6.07, 6.45) is 3.63. The van der Waals surface area contributed by atoms with Crippen molar-refractivity contribution >= 4 is 28.5 Å². The SMILES string of the molecule is C=CCNc1nc(C)cn1-c1cccc(F)c1I. The minimum absolute atomic E-state index is 0.228. The molecule has 0 atom stereocenters. The van der Waals surface area contributed by atoms with Crippen LogP contribution in [-0.2, 0) is 0 Å². The van der Waals surface area contributed by atoms with Crippen molar-refractivity contribution < 1.29 is 4.39 Å². The van der Waals surface area contributed by atoms with Gasteiger partial charge in [-0.3, -0.25) is 4.57 Å². The molecule has 0 fully saturated rings. The predicted molar refractivity (Wildman–Crippen MR) is 79.7 cm³/mol. The number of benzene rings is 1. The van der Waals surface area contributed by atoms with Crippen molar-refractivity contribution in [3.8, 4) is 5.69 Å². The zero-order valence-corrected chi connectivity index (χ0v) is 12.1. The van der Waals surface area contributed by atoms with E-state index in [1.54, 1.807) is 12.1 Å². The zero-order valence-electron chi connectivity index (χ0n) is 9.95. The molecular weight excluding hydrogens is 344 g/mol. The molecule has 1 heterocycles. The Morgan fingerprint density at radius 2 is 2.33 bits per heavy atom. The van der Waals surface area contributed by atoms with Gasteiger partial charge in [-0.15, -0.1) is 6.58 Å². The lowest BCUT2D eigenvalue weighted by atomic mass is 10.3. The first-order valence-electron chi connectivity index (χ1n) is 5.48. The van der Waals surface area contributed by atoms with Gasteiger partial charge < -0.3 is 5.32 Å². The van der Waals surface area contributed by atoms with Crippen LogP contribution < -0.4 is 5.32 Å². The number of imidazole rings is 1. The highest BCUT2D eigenvalue weighted by molar-refractivity contribution is 14.1. The van der Waals surface area contributed by atoms with Crippen molar-refractivity contribution in [2.24, 2.45) is 0 Å². The summed E-state index contributed by atoms with van der Waals surface area (Å²) in [6.45, 7) is 6.17. The molecule has 94 valence electrons. The van der Waals surface area contributed by atoms with Gasteiger partial charge in [0.1, 0.15) is 5.82 Å². The lowest BCUT2D eigenvalue weighted by Gasteiger charge is -2.10. The Morgan fingerprint density at radius 1 is 1.56 bits per heavy atom. The van der Waals surface area contributed by atoms with Crippen molar-refractivity contribution in [3.63, 3.8) is 0 Å². The molecule has 0 aliphatic carbocycles. The molecule has 0 radical (unpaired) electrons. The predicted octanol–water partition coefficient (Wildman–Crippen LogP) is 3.52. The van der Waals surface area contributed by atoms with Crippen LogP contribution in [0.25, 0.3) is 5.69 Å². The van der Waals surface area contributed by atoms with E-state index in [1.807, 2.05) is 46.3 Å². The van der Waals surface area contributed by atoms with Gasteiger partial charge in [0.25, 0.3) is 0 Å². The molecule has 1 aromatic carbocycles. The van der Waals surface area contributed by atoms with Crippen LogP contribution in [0.3, 0.4) is 0 Å². The van der Waals surface area contributed by atoms with Crippen LogP contribution in [0, 0.1) is 16.3 Å². The third-order valence-electron chi connectivity index (χ3n) is 2.42. The van der Waals surface area contributed by atoms with Crippen LogP contribution in [-0.4, -0.2) is 16.1 Å². The van der Waals surface area contributed by atoms with Crippen molar-refractivity contribution in [1.82, 2.24) is 9.55 Å². The number of aryl methyl sites for hydroxylation is 1. The molecule has 18 heavy (non-hydrogen) atoms. The standard InChI is InChI=1S/C13H13FIN3/c1-3-7-16-13-17-9(2)8-18(13)11-6-4-5-10(14)12(11)15/h3-6,8H,1,7H2,2H3,(H,16,17). The smallest absolute Gasteiger partial charge is 0.208 e. The Labute approximate surface area is 119 Å². The average molecular weight is 357 g/mol. The summed E-state index contributed by atoms with van der Waals surface area (Å²) in [6, 6.07) is 5.01. The van der Waals surface area contributed by atoms with Gasteiger partial charge in [0.2, 0.25) is 5.95 Å². The second kappa shape index (κ2) is 5.51. The molecule has 0 bridgehead atoms. The van der Waals surface area contributed by atoms with E-state index in [-0.39, 0.29) is 5.82 Å². The number of nitrogens with zero attached hydrogens (tertiary/aromatic N) is 2. The monoisotopic (exact) mass is 357 g/mol. The van der Waals surface area contributed by atoms with Crippen molar-refractivity contribution in [3.05, 3.63) is 52.1 Å². The molecule has 0 spiro atoms. The molecule has 1 aromatic heterocycles. The van der Waals surface area contributed by atoms with Gasteiger partial charge >= 0.3 is 0 Å². The van der Waals surface area contributed by atoms with Crippen molar-refractivity contribution in [1.29, 1.82) is 0 Å². The quantitative estimate of drug-likeness (QED) is 0.670. The summed E-state index contributed by atoms with van der Waals surface area (Å²) >= 11 is 2.00. The lowest BCUT2D eigenvalue weighted by Crippen LogP contribution is -2.07. The molecule has 2 rings (SSSR count). The van der Waals surface area contributed by atoms with Crippen LogP contribution in [0.2, 0.25) is 0 Å². The van der Waals surface area contributed by atoms with E-state index in [4.69, 9.17) is 0 Å². The van der Waals surface area contributed by atoms with Crippen LogP contribution in [0.1, 0.15) is 5.69 Å². The first-order valence-corrected chi connectivity index (χ1v) is 6.56. The molecular formula is C13H13FIN3. The van der Waals surface area contributed by atoms with Crippen molar-refractivity contribution in [2.75, 3.05) is 11.9 Å². The molecule has 1 N–H and O–H groups in total. The fourth-order valence-corrected chi connectivity index (χ4v) is 2.27. The second-order valence-corrected chi connectivity index (χ2v) is 4.90. The van der Waals surface area contributed by atoms with Crippen molar-refractivity contribution in [2.45, 2.75) is 6.92 Å². The Bertz CT molecular complexity index is 578. The number of hydrogen-bond acceptors (Lipinski definition) is 2. The van der Waals surface area contributed by atoms with E-state index in [0.717, 1.165) is 11.4 Å². The van der Waals surface area contributed by atoms with E-state index >= 15 is 0 Å². The van der Waals surface area contributed by atoms with Gasteiger partial charge in [-0.1, -0.05) is 12.1 Å². The van der Waals surface area contributed by atoms with Gasteiger partial charge in [-0.25, -0.2) is 9.37 Å². The first kappa shape index (κ1) is 13.1. The minimum atomic E-state index is -0.228. The Hall–Kier alpha value is -1.37. The van der Waals surface area contributed by atoms with E-state index < -0.39 is 0 Å². The number of nitrogens with one attached hydrogen (secondary N) is 1. The average Bonchev–Trinajstić information content (AvgIpc) is 2.71. The largest absolute Gasteiger partial charge is 0.352 e. The fourth-order valence-electron chi connectivity index (χ4n) is 1.65. The third-order valence-corrected chi connectivity index (χ3v) is 3.49. The summed E-state index contributed by atoms with van der Waals surface area (Å²) in [5.41, 5.74) is 1.66.